The number of hydrogen-bond acceptors (Lipinski definition) is 3. The Bertz CT molecular complexity index is 751. The minimum atomic E-state index is -0.991. The molecule has 0 aliphatic heterocycles. The largest absolute Gasteiger partial charge is 0.478 e. The van der Waals surface area contributed by atoms with Crippen LogP contribution in [-0.4, -0.2) is 25.8 Å². The molecule has 0 unspecified atom stereocenters. The lowest BCUT2D eigenvalue weighted by atomic mass is 10.1. The van der Waals surface area contributed by atoms with E-state index in [1.165, 1.54) is 6.20 Å². The van der Waals surface area contributed by atoms with E-state index in [0.29, 0.717) is 0 Å². The van der Waals surface area contributed by atoms with Crippen molar-refractivity contribution >= 4 is 5.97 Å². The molecule has 0 saturated heterocycles. The van der Waals surface area contributed by atoms with E-state index >= 15 is 0 Å². The van der Waals surface area contributed by atoms with Crippen molar-refractivity contribution in [3.63, 3.8) is 0 Å². The molecule has 3 rings (SSSR count). The van der Waals surface area contributed by atoms with Crippen molar-refractivity contribution in [2.45, 2.75) is 0 Å². The molecule has 0 saturated carbocycles. The van der Waals surface area contributed by atoms with Crippen molar-refractivity contribution < 1.29 is 9.90 Å². The molecule has 98 valence electrons. The van der Waals surface area contributed by atoms with E-state index in [1.807, 2.05) is 36.5 Å². The van der Waals surface area contributed by atoms with Crippen LogP contribution >= 0.6 is 0 Å². The van der Waals surface area contributed by atoms with Crippen molar-refractivity contribution in [3.8, 4) is 16.8 Å². The molecule has 1 aromatic carbocycles. The Labute approximate surface area is 115 Å². The van der Waals surface area contributed by atoms with Gasteiger partial charge in [0.25, 0.3) is 0 Å². The molecule has 0 radical (unpaired) electrons. The highest BCUT2D eigenvalue weighted by Gasteiger charge is 2.08. The van der Waals surface area contributed by atoms with Crippen LogP contribution in [0, 0.1) is 0 Å². The summed E-state index contributed by atoms with van der Waals surface area (Å²) in [6.45, 7) is 0. The molecule has 5 nitrogen and oxygen atoms in total. The maximum atomic E-state index is 11.0. The molecule has 2 aromatic heterocycles. The molecule has 1 N–H and O–H groups in total. The van der Waals surface area contributed by atoms with Crippen molar-refractivity contribution in [1.29, 1.82) is 0 Å². The van der Waals surface area contributed by atoms with Crippen LogP contribution in [0.1, 0.15) is 10.4 Å². The number of carbonyl (C=O) groups is 1. The zero-order valence-electron chi connectivity index (χ0n) is 10.5. The highest BCUT2D eigenvalue weighted by molar-refractivity contribution is 5.88. The summed E-state index contributed by atoms with van der Waals surface area (Å²) in [4.78, 5) is 14.9. The Hall–Kier alpha value is -2.95. The number of benzene rings is 1. The van der Waals surface area contributed by atoms with Crippen LogP contribution in [0.5, 0.6) is 0 Å². The molecular formula is C15H11N3O2. The molecule has 0 aliphatic rings. The molecule has 3 aromatic rings. The predicted molar refractivity (Wildman–Crippen MR) is 73.8 cm³/mol. The lowest BCUT2D eigenvalue weighted by Gasteiger charge is -2.00. The van der Waals surface area contributed by atoms with E-state index in [2.05, 4.69) is 10.1 Å². The molecule has 2 heterocycles. The maximum absolute atomic E-state index is 11.0. The second-order valence-electron chi connectivity index (χ2n) is 4.28. The predicted octanol–water partition coefficient (Wildman–Crippen LogP) is 2.63. The van der Waals surface area contributed by atoms with Crippen LogP contribution < -0.4 is 0 Å². The Kier molecular flexibility index (Phi) is 3.01. The first kappa shape index (κ1) is 12.1. The van der Waals surface area contributed by atoms with Gasteiger partial charge in [-0.25, -0.2) is 9.48 Å². The average molecular weight is 265 g/mol. The highest BCUT2D eigenvalue weighted by Crippen LogP contribution is 2.20. The Morgan fingerprint density at radius 1 is 1.05 bits per heavy atom. The van der Waals surface area contributed by atoms with Gasteiger partial charge in [0.2, 0.25) is 0 Å². The third-order valence-electron chi connectivity index (χ3n) is 2.92. The molecule has 0 atom stereocenters. The lowest BCUT2D eigenvalue weighted by Crippen LogP contribution is -1.97. The summed E-state index contributed by atoms with van der Waals surface area (Å²) in [5, 5.41) is 13.3. The van der Waals surface area contributed by atoms with E-state index in [4.69, 9.17) is 5.11 Å². The Morgan fingerprint density at radius 3 is 2.60 bits per heavy atom. The van der Waals surface area contributed by atoms with Crippen molar-refractivity contribution in [2.75, 3.05) is 0 Å². The number of carboxylic acids is 1. The summed E-state index contributed by atoms with van der Waals surface area (Å²) < 4.78 is 1.74. The third kappa shape index (κ3) is 2.29. The van der Waals surface area contributed by atoms with Gasteiger partial charge >= 0.3 is 5.97 Å². The second-order valence-corrected chi connectivity index (χ2v) is 4.28. The molecule has 0 amide bonds. The van der Waals surface area contributed by atoms with Crippen molar-refractivity contribution in [2.24, 2.45) is 0 Å². The van der Waals surface area contributed by atoms with Crippen LogP contribution in [0.25, 0.3) is 16.8 Å². The minimum Gasteiger partial charge on any atom is -0.478 e. The first-order chi connectivity index (χ1) is 9.74. The van der Waals surface area contributed by atoms with Gasteiger partial charge in [-0.1, -0.05) is 18.2 Å². The molecule has 0 spiro atoms. The van der Waals surface area contributed by atoms with Gasteiger partial charge in [-0.2, -0.15) is 5.10 Å². The topological polar surface area (TPSA) is 68.0 Å². The number of aromatic nitrogens is 3. The Balaban J connectivity index is 1.98. The monoisotopic (exact) mass is 265 g/mol. The second kappa shape index (κ2) is 4.97. The summed E-state index contributed by atoms with van der Waals surface area (Å²) in [5.41, 5.74) is 2.66. The van der Waals surface area contributed by atoms with E-state index in [0.717, 1.165) is 16.8 Å². The fourth-order valence-electron chi connectivity index (χ4n) is 1.91. The van der Waals surface area contributed by atoms with Gasteiger partial charge in [-0.05, 0) is 18.2 Å². The van der Waals surface area contributed by atoms with E-state index in [-0.39, 0.29) is 5.56 Å². The zero-order chi connectivity index (χ0) is 13.9. The van der Waals surface area contributed by atoms with Gasteiger partial charge in [0.1, 0.15) is 0 Å². The zero-order valence-corrected chi connectivity index (χ0v) is 10.5. The third-order valence-corrected chi connectivity index (χ3v) is 2.92. The van der Waals surface area contributed by atoms with E-state index in [1.54, 1.807) is 23.1 Å². The fourth-order valence-corrected chi connectivity index (χ4v) is 1.91. The summed E-state index contributed by atoms with van der Waals surface area (Å²) >= 11 is 0. The maximum Gasteiger partial charge on any atom is 0.337 e. The standard InChI is InChI=1S/C15H11N3O2/c19-15(20)12-6-11(7-16-8-12)13-9-17-18(10-13)14-4-2-1-3-5-14/h1-10H,(H,19,20). The fraction of sp³-hybridized carbons (Fsp3) is 0. The Morgan fingerprint density at radius 2 is 1.85 bits per heavy atom. The molecular weight excluding hydrogens is 254 g/mol. The van der Waals surface area contributed by atoms with Gasteiger partial charge < -0.3 is 5.11 Å². The summed E-state index contributed by atoms with van der Waals surface area (Å²) in [7, 11) is 0. The average Bonchev–Trinajstić information content (AvgIpc) is 2.98. The number of pyridine rings is 1. The number of rotatable bonds is 3. The molecule has 20 heavy (non-hydrogen) atoms. The molecule has 0 bridgehead atoms. The molecule has 0 fully saturated rings. The lowest BCUT2D eigenvalue weighted by molar-refractivity contribution is 0.0696. The normalized spacial score (nSPS) is 10.4. The van der Waals surface area contributed by atoms with Crippen molar-refractivity contribution in [3.05, 3.63) is 66.7 Å². The highest BCUT2D eigenvalue weighted by atomic mass is 16.4. The minimum absolute atomic E-state index is 0.162. The number of carboxylic acid groups (broad SMARTS) is 1. The van der Waals surface area contributed by atoms with Crippen LogP contribution in [0.3, 0.4) is 0 Å². The quantitative estimate of drug-likeness (QED) is 0.790. The van der Waals surface area contributed by atoms with Crippen LogP contribution in [-0.2, 0) is 0 Å². The van der Waals surface area contributed by atoms with Gasteiger partial charge in [0.15, 0.2) is 0 Å². The van der Waals surface area contributed by atoms with Crippen LogP contribution in [0.2, 0.25) is 0 Å². The number of aromatic carboxylic acids is 1. The van der Waals surface area contributed by atoms with Gasteiger partial charge in [-0.15, -0.1) is 0 Å². The summed E-state index contributed by atoms with van der Waals surface area (Å²) in [6, 6.07) is 11.3. The molecule has 5 heteroatoms. The summed E-state index contributed by atoms with van der Waals surface area (Å²) in [6.07, 6.45) is 6.49. The van der Waals surface area contributed by atoms with E-state index in [9.17, 15) is 4.79 Å². The SMILES string of the molecule is O=C(O)c1cncc(-c2cnn(-c3ccccc3)c2)c1. The number of para-hydroxylation sites is 1. The number of hydrogen-bond donors (Lipinski definition) is 1. The number of nitrogens with zero attached hydrogens (tertiary/aromatic N) is 3. The summed E-state index contributed by atoms with van der Waals surface area (Å²) in [5.74, 6) is -0.991. The van der Waals surface area contributed by atoms with Gasteiger partial charge in [-0.3, -0.25) is 4.98 Å². The van der Waals surface area contributed by atoms with Crippen molar-refractivity contribution in [1.82, 2.24) is 14.8 Å². The first-order valence-corrected chi connectivity index (χ1v) is 6.03. The first-order valence-electron chi connectivity index (χ1n) is 6.03. The molecule has 0 aliphatic carbocycles. The van der Waals surface area contributed by atoms with Gasteiger partial charge in [0.05, 0.1) is 17.4 Å². The van der Waals surface area contributed by atoms with E-state index < -0.39 is 5.97 Å². The van der Waals surface area contributed by atoms with Crippen LogP contribution in [0.15, 0.2) is 61.2 Å². The van der Waals surface area contributed by atoms with Gasteiger partial charge in [0, 0.05) is 29.7 Å². The van der Waals surface area contributed by atoms with Crippen LogP contribution in [0.4, 0.5) is 0 Å². The smallest absolute Gasteiger partial charge is 0.337 e.